The molecule has 0 radical (unpaired) electrons. The molecule has 8 aromatic rings. The lowest BCUT2D eigenvalue weighted by atomic mass is 9.95. The monoisotopic (exact) mass is 645 g/mol. The van der Waals surface area contributed by atoms with Crippen molar-refractivity contribution in [3.05, 3.63) is 193 Å². The molecular formula is C45H31N3S. The summed E-state index contributed by atoms with van der Waals surface area (Å²) in [6, 6.07) is 53.8. The molecule has 49 heavy (non-hydrogen) atoms. The van der Waals surface area contributed by atoms with Gasteiger partial charge in [0.25, 0.3) is 0 Å². The molecule has 4 heteroatoms. The Labute approximate surface area is 289 Å². The summed E-state index contributed by atoms with van der Waals surface area (Å²) in [6.45, 7) is 0. The predicted octanol–water partition coefficient (Wildman–Crippen LogP) is 11.6. The zero-order chi connectivity index (χ0) is 32.6. The maximum Gasteiger partial charge on any atom is 0.0879 e. The molecule has 1 aliphatic rings. The summed E-state index contributed by atoms with van der Waals surface area (Å²) in [5, 5.41) is 6.33. The number of aromatic nitrogens is 2. The molecule has 3 nitrogen and oxygen atoms in total. The Balaban J connectivity index is 0.933. The maximum atomic E-state index is 4.93. The highest BCUT2D eigenvalue weighted by Gasteiger charge is 2.20. The smallest absolute Gasteiger partial charge is 0.0879 e. The number of hydrogen-bond donors (Lipinski definition) is 1. The van der Waals surface area contributed by atoms with Gasteiger partial charge >= 0.3 is 0 Å². The second-order valence-electron chi connectivity index (χ2n) is 12.3. The van der Waals surface area contributed by atoms with Crippen molar-refractivity contribution in [3.8, 4) is 33.4 Å². The molecule has 1 N–H and O–H groups in total. The maximum absolute atomic E-state index is 4.93. The number of hydrogen-bond acceptors (Lipinski definition) is 4. The number of nitrogens with zero attached hydrogens (tertiary/aromatic N) is 2. The van der Waals surface area contributed by atoms with Crippen molar-refractivity contribution in [2.75, 3.05) is 0 Å². The number of benzene rings is 5. The van der Waals surface area contributed by atoms with Gasteiger partial charge in [0.05, 0.1) is 23.1 Å². The van der Waals surface area contributed by atoms with Crippen molar-refractivity contribution in [3.63, 3.8) is 0 Å². The Morgan fingerprint density at radius 3 is 1.84 bits per heavy atom. The Morgan fingerprint density at radius 2 is 1.12 bits per heavy atom. The van der Waals surface area contributed by atoms with E-state index in [-0.39, 0.29) is 6.04 Å². The van der Waals surface area contributed by atoms with Gasteiger partial charge in [-0.2, -0.15) is 0 Å². The minimum Gasteiger partial charge on any atom is -0.371 e. The normalized spacial score (nSPS) is 14.3. The molecular weight excluding hydrogens is 615 g/mol. The molecule has 5 aromatic carbocycles. The highest BCUT2D eigenvalue weighted by Crippen LogP contribution is 2.37. The molecule has 0 saturated heterocycles. The summed E-state index contributed by atoms with van der Waals surface area (Å²) < 4.78 is 2.67. The Bertz CT molecular complexity index is 2480. The van der Waals surface area contributed by atoms with Crippen LogP contribution in [0, 0.1) is 0 Å². The average Bonchev–Trinajstić information content (AvgIpc) is 3.57. The van der Waals surface area contributed by atoms with Gasteiger partial charge in [-0.1, -0.05) is 121 Å². The van der Waals surface area contributed by atoms with E-state index >= 15 is 0 Å². The quantitative estimate of drug-likeness (QED) is 0.196. The summed E-state index contributed by atoms with van der Waals surface area (Å²) in [5.41, 5.74) is 12.3. The fraction of sp³-hybridized carbons (Fsp3) is 0.0222. The van der Waals surface area contributed by atoms with Crippen molar-refractivity contribution < 1.29 is 0 Å². The fourth-order valence-corrected chi connectivity index (χ4v) is 7.79. The van der Waals surface area contributed by atoms with Crippen molar-refractivity contribution >= 4 is 42.8 Å². The Morgan fingerprint density at radius 1 is 0.490 bits per heavy atom. The van der Waals surface area contributed by atoms with E-state index in [4.69, 9.17) is 4.98 Å². The van der Waals surface area contributed by atoms with E-state index in [2.05, 4.69) is 150 Å². The lowest BCUT2D eigenvalue weighted by Crippen LogP contribution is -2.23. The molecule has 0 bridgehead atoms. The first-order valence-electron chi connectivity index (χ1n) is 16.5. The molecule has 0 amide bonds. The first-order valence-corrected chi connectivity index (χ1v) is 17.3. The first kappa shape index (κ1) is 29.1. The van der Waals surface area contributed by atoms with Crippen LogP contribution in [0.5, 0.6) is 0 Å². The number of dihydropyridines is 1. The number of pyridine rings is 2. The third kappa shape index (κ3) is 5.73. The Kier molecular flexibility index (Phi) is 7.41. The molecule has 0 saturated carbocycles. The largest absolute Gasteiger partial charge is 0.371 e. The van der Waals surface area contributed by atoms with E-state index in [1.165, 1.54) is 48.0 Å². The molecule has 3 aromatic heterocycles. The van der Waals surface area contributed by atoms with Crippen molar-refractivity contribution in [1.29, 1.82) is 0 Å². The van der Waals surface area contributed by atoms with Crippen LogP contribution >= 0.6 is 11.3 Å². The summed E-state index contributed by atoms with van der Waals surface area (Å²) >= 11 is 1.86. The lowest BCUT2D eigenvalue weighted by Gasteiger charge is -2.24. The lowest BCUT2D eigenvalue weighted by molar-refractivity contribution is 0.736. The van der Waals surface area contributed by atoms with Gasteiger partial charge in [-0.05, 0) is 81.4 Å². The van der Waals surface area contributed by atoms with Crippen LogP contribution in [0.4, 0.5) is 0 Å². The highest BCUT2D eigenvalue weighted by molar-refractivity contribution is 7.25. The molecule has 0 spiro atoms. The van der Waals surface area contributed by atoms with E-state index in [9.17, 15) is 0 Å². The standard InChI is InChI=1S/C45H31N3S/c1-2-8-30(9-3-1)37-26-42(40-11-6-7-25-46-40)48-43(27-37)41-24-22-36(29-47-41)34-19-15-32(16-20-34)31-13-17-33(18-14-31)35-21-23-39-38-10-4-5-12-44(38)49-45(39)28-35/h1-29,43,48H. The van der Waals surface area contributed by atoms with Crippen LogP contribution in [-0.4, -0.2) is 9.97 Å². The minimum absolute atomic E-state index is 0.0801. The summed E-state index contributed by atoms with van der Waals surface area (Å²) in [5.74, 6) is 0. The second kappa shape index (κ2) is 12.5. The van der Waals surface area contributed by atoms with Gasteiger partial charge in [0.2, 0.25) is 0 Å². The van der Waals surface area contributed by atoms with Crippen molar-refractivity contribution in [2.24, 2.45) is 0 Å². The third-order valence-corrected chi connectivity index (χ3v) is 10.4. The third-order valence-electron chi connectivity index (χ3n) is 9.26. The molecule has 232 valence electrons. The van der Waals surface area contributed by atoms with E-state index in [1.54, 1.807) is 0 Å². The van der Waals surface area contributed by atoms with Crippen molar-refractivity contribution in [2.45, 2.75) is 6.04 Å². The topological polar surface area (TPSA) is 37.8 Å². The van der Waals surface area contributed by atoms with Gasteiger partial charge in [0.15, 0.2) is 0 Å². The van der Waals surface area contributed by atoms with Crippen LogP contribution in [0.3, 0.4) is 0 Å². The van der Waals surface area contributed by atoms with E-state index in [0.29, 0.717) is 0 Å². The average molecular weight is 646 g/mol. The van der Waals surface area contributed by atoms with Crippen LogP contribution in [0.15, 0.2) is 176 Å². The van der Waals surface area contributed by atoms with Gasteiger partial charge in [-0.3, -0.25) is 9.97 Å². The first-order chi connectivity index (χ1) is 24.2. The van der Waals surface area contributed by atoms with Gasteiger partial charge in [0, 0.05) is 38.1 Å². The zero-order valence-corrected chi connectivity index (χ0v) is 27.4. The molecule has 1 atom stereocenters. The number of allylic oxidation sites excluding steroid dienone is 2. The minimum atomic E-state index is -0.0801. The highest BCUT2D eigenvalue weighted by atomic mass is 32.1. The van der Waals surface area contributed by atoms with Gasteiger partial charge in [0.1, 0.15) is 0 Å². The van der Waals surface area contributed by atoms with E-state index < -0.39 is 0 Å². The fourth-order valence-electron chi connectivity index (χ4n) is 6.65. The van der Waals surface area contributed by atoms with Crippen LogP contribution < -0.4 is 5.32 Å². The summed E-state index contributed by atoms with van der Waals surface area (Å²) in [6.07, 6.45) is 8.22. The van der Waals surface area contributed by atoms with Crippen LogP contribution in [0.25, 0.3) is 64.8 Å². The Hall–Kier alpha value is -6.10. The van der Waals surface area contributed by atoms with Crippen LogP contribution in [0.2, 0.25) is 0 Å². The number of fused-ring (bicyclic) bond motifs is 3. The second-order valence-corrected chi connectivity index (χ2v) is 13.4. The van der Waals surface area contributed by atoms with Crippen LogP contribution in [-0.2, 0) is 0 Å². The number of nitrogens with one attached hydrogen (secondary N) is 1. The van der Waals surface area contributed by atoms with Crippen molar-refractivity contribution in [1.82, 2.24) is 15.3 Å². The van der Waals surface area contributed by atoms with E-state index in [1.807, 2.05) is 48.0 Å². The van der Waals surface area contributed by atoms with E-state index in [0.717, 1.165) is 33.8 Å². The summed E-state index contributed by atoms with van der Waals surface area (Å²) in [4.78, 5) is 9.53. The SMILES string of the molecule is C1=C(c2ccccc2)C=C(c2ccccn2)NC1c1ccc(-c2ccc(-c3ccc(-c4ccc5c(c4)sc4ccccc45)cc3)cc2)cn1. The zero-order valence-electron chi connectivity index (χ0n) is 26.6. The molecule has 9 rings (SSSR count). The number of thiophene rings is 1. The molecule has 1 unspecified atom stereocenters. The molecule has 0 aliphatic carbocycles. The number of rotatable bonds is 6. The van der Waals surface area contributed by atoms with Gasteiger partial charge < -0.3 is 5.32 Å². The van der Waals surface area contributed by atoms with Gasteiger partial charge in [-0.15, -0.1) is 11.3 Å². The summed E-state index contributed by atoms with van der Waals surface area (Å²) in [7, 11) is 0. The molecule has 0 fully saturated rings. The molecule has 4 heterocycles. The van der Waals surface area contributed by atoms with Crippen LogP contribution in [0.1, 0.15) is 23.0 Å². The predicted molar refractivity (Wildman–Crippen MR) is 206 cm³/mol. The van der Waals surface area contributed by atoms with Gasteiger partial charge in [-0.25, -0.2) is 0 Å². The molecule has 1 aliphatic heterocycles.